The second-order valence-electron chi connectivity index (χ2n) is 4.69. The number of Topliss-reactive ketones (excluding diaryl/α,β-unsaturated/α-hetero) is 1. The van der Waals surface area contributed by atoms with Gasteiger partial charge in [0.25, 0.3) is 0 Å². The van der Waals surface area contributed by atoms with Crippen LogP contribution in [0.2, 0.25) is 0 Å². The first kappa shape index (κ1) is 13.0. The van der Waals surface area contributed by atoms with Crippen LogP contribution in [0.4, 0.5) is 4.79 Å². The van der Waals surface area contributed by atoms with E-state index in [1.54, 1.807) is 0 Å². The third-order valence-electron chi connectivity index (χ3n) is 3.19. The van der Waals surface area contributed by atoms with Crippen LogP contribution < -0.4 is 5.32 Å². The molecule has 92 valence electrons. The normalized spacial score (nSPS) is 25.2. The monoisotopic (exact) mass is 227 g/mol. The topological polar surface area (TPSA) is 55.4 Å². The summed E-state index contributed by atoms with van der Waals surface area (Å²) in [5, 5.41) is 2.77. The highest BCUT2D eigenvalue weighted by Gasteiger charge is 2.32. The third kappa shape index (κ3) is 3.22. The van der Waals surface area contributed by atoms with Crippen molar-refractivity contribution in [3.63, 3.8) is 0 Å². The van der Waals surface area contributed by atoms with Gasteiger partial charge in [-0.1, -0.05) is 26.7 Å². The number of hydrogen-bond acceptors (Lipinski definition) is 3. The Kier molecular flexibility index (Phi) is 4.77. The lowest BCUT2D eigenvalue weighted by atomic mass is 9.79. The van der Waals surface area contributed by atoms with Crippen molar-refractivity contribution < 1.29 is 14.3 Å². The van der Waals surface area contributed by atoms with E-state index < -0.39 is 6.09 Å². The zero-order valence-electron chi connectivity index (χ0n) is 10.3. The summed E-state index contributed by atoms with van der Waals surface area (Å²) < 4.78 is 4.58. The highest BCUT2D eigenvalue weighted by atomic mass is 16.5. The predicted octanol–water partition coefficient (Wildman–Crippen LogP) is 2.13. The van der Waals surface area contributed by atoms with Gasteiger partial charge in [-0.2, -0.15) is 0 Å². The molecular formula is C12H21NO3. The van der Waals surface area contributed by atoms with E-state index in [4.69, 9.17) is 0 Å². The fraction of sp³-hybridized carbons (Fsp3) is 0.833. The summed E-state index contributed by atoms with van der Waals surface area (Å²) in [7, 11) is 1.34. The Morgan fingerprint density at radius 2 is 1.88 bits per heavy atom. The molecule has 1 rings (SSSR count). The number of methoxy groups -OCH3 is 1. The molecule has 1 saturated carbocycles. The zero-order chi connectivity index (χ0) is 12.1. The molecule has 0 radical (unpaired) electrons. The molecule has 1 fully saturated rings. The van der Waals surface area contributed by atoms with Gasteiger partial charge in [0.15, 0.2) is 0 Å². The molecule has 0 saturated heterocycles. The smallest absolute Gasteiger partial charge is 0.407 e. The minimum absolute atomic E-state index is 0.0325. The number of alkyl carbamates (subject to hydrolysis) is 1. The molecule has 1 N–H and O–H groups in total. The van der Waals surface area contributed by atoms with Gasteiger partial charge in [-0.25, -0.2) is 4.79 Å². The second kappa shape index (κ2) is 5.87. The lowest BCUT2D eigenvalue weighted by Crippen LogP contribution is -2.46. The fourth-order valence-electron chi connectivity index (χ4n) is 2.28. The molecule has 4 nitrogen and oxygen atoms in total. The van der Waals surface area contributed by atoms with Gasteiger partial charge >= 0.3 is 6.09 Å². The summed E-state index contributed by atoms with van der Waals surface area (Å²) >= 11 is 0. The maximum absolute atomic E-state index is 12.0. The van der Waals surface area contributed by atoms with Crippen molar-refractivity contribution in [2.24, 2.45) is 11.8 Å². The molecule has 0 spiro atoms. The van der Waals surface area contributed by atoms with Gasteiger partial charge in [0.1, 0.15) is 5.78 Å². The van der Waals surface area contributed by atoms with Crippen LogP contribution in [-0.4, -0.2) is 25.0 Å². The molecule has 16 heavy (non-hydrogen) atoms. The number of rotatable bonds is 3. The molecule has 0 heterocycles. The first-order chi connectivity index (χ1) is 7.56. The Hall–Kier alpha value is -1.06. The van der Waals surface area contributed by atoms with E-state index in [9.17, 15) is 9.59 Å². The van der Waals surface area contributed by atoms with Crippen LogP contribution in [0.15, 0.2) is 0 Å². The first-order valence-corrected chi connectivity index (χ1v) is 5.94. The number of nitrogens with one attached hydrogen (secondary N) is 1. The summed E-state index contributed by atoms with van der Waals surface area (Å²) in [6.45, 7) is 3.82. The average Bonchev–Trinajstić information content (AvgIpc) is 2.28. The minimum atomic E-state index is -0.437. The van der Waals surface area contributed by atoms with E-state index >= 15 is 0 Å². The molecule has 0 unspecified atom stereocenters. The molecule has 1 aliphatic rings. The lowest BCUT2D eigenvalue weighted by molar-refractivity contribution is -0.127. The van der Waals surface area contributed by atoms with Crippen LogP contribution in [0.1, 0.15) is 39.5 Å². The van der Waals surface area contributed by atoms with Crippen molar-refractivity contribution in [3.05, 3.63) is 0 Å². The van der Waals surface area contributed by atoms with Gasteiger partial charge in [-0.15, -0.1) is 0 Å². The molecule has 1 amide bonds. The van der Waals surface area contributed by atoms with Crippen molar-refractivity contribution in [1.29, 1.82) is 0 Å². The van der Waals surface area contributed by atoms with Crippen LogP contribution in [-0.2, 0) is 9.53 Å². The van der Waals surface area contributed by atoms with E-state index in [1.807, 2.05) is 13.8 Å². The number of amides is 1. The lowest BCUT2D eigenvalue weighted by Gasteiger charge is -2.31. The highest BCUT2D eigenvalue weighted by molar-refractivity contribution is 5.84. The van der Waals surface area contributed by atoms with Crippen molar-refractivity contribution in [1.82, 2.24) is 5.32 Å². The van der Waals surface area contributed by atoms with Gasteiger partial charge < -0.3 is 10.1 Å². The molecule has 4 heteroatoms. The summed E-state index contributed by atoms with van der Waals surface area (Å²) in [6, 6.07) is -0.0453. The summed E-state index contributed by atoms with van der Waals surface area (Å²) in [4.78, 5) is 23.2. The summed E-state index contributed by atoms with van der Waals surface area (Å²) in [5.41, 5.74) is 0. The van der Waals surface area contributed by atoms with Crippen LogP contribution in [0.3, 0.4) is 0 Å². The van der Waals surface area contributed by atoms with Gasteiger partial charge in [0.2, 0.25) is 0 Å². The zero-order valence-corrected chi connectivity index (χ0v) is 10.3. The molecule has 1 aliphatic carbocycles. The first-order valence-electron chi connectivity index (χ1n) is 5.94. The van der Waals surface area contributed by atoms with E-state index in [2.05, 4.69) is 10.1 Å². The SMILES string of the molecule is COC(=O)N[C@@H]1CCCC[C@@H]1C(=O)C(C)C. The van der Waals surface area contributed by atoms with Crippen molar-refractivity contribution >= 4 is 11.9 Å². The van der Waals surface area contributed by atoms with Crippen LogP contribution >= 0.6 is 0 Å². The maximum Gasteiger partial charge on any atom is 0.407 e. The molecule has 2 atom stereocenters. The van der Waals surface area contributed by atoms with Crippen molar-refractivity contribution in [2.45, 2.75) is 45.6 Å². The Morgan fingerprint density at radius 1 is 1.25 bits per heavy atom. The Bertz CT molecular complexity index is 263. The van der Waals surface area contributed by atoms with Crippen molar-refractivity contribution in [3.8, 4) is 0 Å². The summed E-state index contributed by atoms with van der Waals surface area (Å²) in [6.07, 6.45) is 3.46. The van der Waals surface area contributed by atoms with E-state index in [0.717, 1.165) is 25.7 Å². The molecule has 0 bridgehead atoms. The van der Waals surface area contributed by atoms with E-state index in [0.29, 0.717) is 0 Å². The van der Waals surface area contributed by atoms with Gasteiger partial charge in [-0.05, 0) is 12.8 Å². The standard InChI is InChI=1S/C12H21NO3/c1-8(2)11(14)9-6-4-5-7-10(9)13-12(15)16-3/h8-10H,4-7H2,1-3H3,(H,13,15)/t9-,10+/m0/s1. The van der Waals surface area contributed by atoms with Gasteiger partial charge in [0.05, 0.1) is 7.11 Å². The Labute approximate surface area is 96.7 Å². The highest BCUT2D eigenvalue weighted by Crippen LogP contribution is 2.27. The minimum Gasteiger partial charge on any atom is -0.453 e. The van der Waals surface area contributed by atoms with E-state index in [1.165, 1.54) is 7.11 Å². The van der Waals surface area contributed by atoms with Crippen LogP contribution in [0.25, 0.3) is 0 Å². The molecule has 0 aliphatic heterocycles. The van der Waals surface area contributed by atoms with Crippen LogP contribution in [0.5, 0.6) is 0 Å². The molecule has 0 aromatic heterocycles. The van der Waals surface area contributed by atoms with Crippen LogP contribution in [0, 0.1) is 11.8 Å². The van der Waals surface area contributed by atoms with Gasteiger partial charge in [0, 0.05) is 17.9 Å². The molecule has 0 aromatic rings. The van der Waals surface area contributed by atoms with Gasteiger partial charge in [-0.3, -0.25) is 4.79 Å². The van der Waals surface area contributed by atoms with Crippen molar-refractivity contribution in [2.75, 3.05) is 7.11 Å². The molecular weight excluding hydrogens is 206 g/mol. The Balaban J connectivity index is 2.63. The largest absolute Gasteiger partial charge is 0.453 e. The Morgan fingerprint density at radius 3 is 2.44 bits per heavy atom. The molecule has 0 aromatic carbocycles. The number of hydrogen-bond donors (Lipinski definition) is 1. The quantitative estimate of drug-likeness (QED) is 0.803. The maximum atomic E-state index is 12.0. The average molecular weight is 227 g/mol. The van der Waals surface area contributed by atoms with E-state index in [-0.39, 0.29) is 23.7 Å². The third-order valence-corrected chi connectivity index (χ3v) is 3.19. The number of carbonyl (C=O) groups excluding carboxylic acids is 2. The summed E-state index contributed by atoms with van der Waals surface area (Å²) in [5.74, 6) is 0.249. The fourth-order valence-corrected chi connectivity index (χ4v) is 2.28. The number of carbonyl (C=O) groups is 2. The number of ether oxygens (including phenoxy) is 1. The predicted molar refractivity (Wildman–Crippen MR) is 61.1 cm³/mol. The number of ketones is 1. The second-order valence-corrected chi connectivity index (χ2v) is 4.69.